The van der Waals surface area contributed by atoms with Crippen LogP contribution in [0.4, 0.5) is 5.69 Å². The van der Waals surface area contributed by atoms with Crippen molar-refractivity contribution < 1.29 is 23.9 Å². The van der Waals surface area contributed by atoms with Gasteiger partial charge in [-0.1, -0.05) is 37.2 Å². The van der Waals surface area contributed by atoms with E-state index in [2.05, 4.69) is 24.9 Å². The van der Waals surface area contributed by atoms with Gasteiger partial charge in [-0.25, -0.2) is 14.7 Å². The Morgan fingerprint density at radius 2 is 1.74 bits per heavy atom. The number of esters is 1. The van der Waals surface area contributed by atoms with Gasteiger partial charge in [0.1, 0.15) is 11.1 Å². The van der Waals surface area contributed by atoms with E-state index in [9.17, 15) is 24.4 Å². The first-order valence-electron chi connectivity index (χ1n) is 12.2. The molecule has 4 rings (SSSR count). The van der Waals surface area contributed by atoms with Crippen molar-refractivity contribution in [3.05, 3.63) is 88.1 Å². The van der Waals surface area contributed by atoms with Crippen molar-refractivity contribution in [1.29, 1.82) is 5.26 Å². The quantitative estimate of drug-likeness (QED) is 0.197. The minimum atomic E-state index is -0.727. The fourth-order valence-corrected chi connectivity index (χ4v) is 5.21. The molecule has 8 nitrogen and oxygen atoms in total. The molecule has 0 spiro atoms. The first-order chi connectivity index (χ1) is 18.7. The van der Waals surface area contributed by atoms with Crippen LogP contribution < -0.4 is 4.90 Å². The molecular formula is C29H24ClN3O5S. The molecule has 0 radical (unpaired) electrons. The van der Waals surface area contributed by atoms with Crippen LogP contribution in [0.25, 0.3) is 0 Å². The number of benzene rings is 2. The lowest BCUT2D eigenvalue weighted by atomic mass is 10.1. The number of carbonyl (C=O) groups is 4. The smallest absolute Gasteiger partial charge is 0.338 e. The van der Waals surface area contributed by atoms with Gasteiger partial charge in [-0.15, -0.1) is 0 Å². The number of pyridine rings is 1. The van der Waals surface area contributed by atoms with Crippen molar-refractivity contribution in [3.63, 3.8) is 0 Å². The normalized spacial score (nSPS) is 14.9. The molecule has 1 fully saturated rings. The molecule has 10 heteroatoms. The third-order valence-corrected chi connectivity index (χ3v) is 7.32. The van der Waals surface area contributed by atoms with Crippen LogP contribution in [0, 0.1) is 17.2 Å². The Morgan fingerprint density at radius 1 is 1.08 bits per heavy atom. The van der Waals surface area contributed by atoms with Crippen LogP contribution in [-0.4, -0.2) is 40.4 Å². The number of amides is 2. The maximum atomic E-state index is 13.2. The molecule has 3 aromatic rings. The van der Waals surface area contributed by atoms with Gasteiger partial charge in [0.25, 0.3) is 0 Å². The number of nitriles is 1. The number of thioether (sulfide) groups is 1. The summed E-state index contributed by atoms with van der Waals surface area (Å²) in [6, 6.07) is 17.6. The van der Waals surface area contributed by atoms with Gasteiger partial charge in [0.15, 0.2) is 12.4 Å². The minimum absolute atomic E-state index is 0.0406. The lowest BCUT2D eigenvalue weighted by molar-refractivity contribution is -0.121. The molecule has 198 valence electrons. The number of Topliss-reactive ketones (excluding diaryl/α,β-unsaturated/α-hetero) is 1. The molecule has 2 amide bonds. The van der Waals surface area contributed by atoms with Gasteiger partial charge in [0.2, 0.25) is 11.8 Å². The monoisotopic (exact) mass is 561 g/mol. The molecule has 0 bridgehead atoms. The van der Waals surface area contributed by atoms with Gasteiger partial charge >= 0.3 is 5.97 Å². The fourth-order valence-electron chi connectivity index (χ4n) is 3.97. The topological polar surface area (TPSA) is 117 Å². The zero-order valence-electron chi connectivity index (χ0n) is 21.2. The number of carbonyl (C=O) groups excluding carboxylic acids is 4. The predicted molar refractivity (Wildman–Crippen MR) is 147 cm³/mol. The Kier molecular flexibility index (Phi) is 8.79. The highest BCUT2D eigenvalue weighted by molar-refractivity contribution is 8.00. The van der Waals surface area contributed by atoms with Crippen molar-refractivity contribution in [3.8, 4) is 6.07 Å². The van der Waals surface area contributed by atoms with Crippen molar-refractivity contribution in [2.45, 2.75) is 37.0 Å². The van der Waals surface area contributed by atoms with E-state index >= 15 is 0 Å². The maximum Gasteiger partial charge on any atom is 0.338 e. The number of hydrogen-bond donors (Lipinski definition) is 0. The molecule has 0 saturated carbocycles. The molecule has 1 aromatic heterocycles. The number of anilines is 1. The third kappa shape index (κ3) is 6.72. The lowest BCUT2D eigenvalue weighted by Gasteiger charge is -2.15. The summed E-state index contributed by atoms with van der Waals surface area (Å²) in [6.07, 6.45) is 0.689. The second-order valence-corrected chi connectivity index (χ2v) is 10.9. The fraction of sp³-hybridized carbons (Fsp3) is 0.241. The number of nitrogens with zero attached hydrogens (tertiary/aromatic N) is 3. The summed E-state index contributed by atoms with van der Waals surface area (Å²) in [5.41, 5.74) is 2.01. The summed E-state index contributed by atoms with van der Waals surface area (Å²) in [7, 11) is 0. The highest BCUT2D eigenvalue weighted by Gasteiger charge is 2.40. The Hall–Kier alpha value is -4.00. The number of hydrogen-bond acceptors (Lipinski definition) is 8. The van der Waals surface area contributed by atoms with Gasteiger partial charge in [-0.05, 0) is 73.0 Å². The zero-order valence-corrected chi connectivity index (χ0v) is 22.8. The van der Waals surface area contributed by atoms with E-state index in [1.54, 1.807) is 36.4 Å². The Bertz CT molecular complexity index is 1470. The molecular weight excluding hydrogens is 538 g/mol. The summed E-state index contributed by atoms with van der Waals surface area (Å²) >= 11 is 6.93. The second-order valence-electron chi connectivity index (χ2n) is 9.30. The summed E-state index contributed by atoms with van der Waals surface area (Å²) in [4.78, 5) is 56.2. The van der Waals surface area contributed by atoms with E-state index in [-0.39, 0.29) is 17.8 Å². The number of rotatable bonds is 9. The number of ketones is 1. The molecule has 1 saturated heterocycles. The van der Waals surface area contributed by atoms with Gasteiger partial charge in [0.05, 0.1) is 22.1 Å². The SMILES string of the molecule is CC(C)Cc1ccc(C#N)c(SC2CC(=O)N(c3ccc(C(=O)OCC(=O)c4ccc(Cl)cc4)cc3)C2=O)n1. The third-order valence-electron chi connectivity index (χ3n) is 5.88. The van der Waals surface area contributed by atoms with Gasteiger partial charge in [-0.3, -0.25) is 14.4 Å². The molecule has 0 N–H and O–H groups in total. The second kappa shape index (κ2) is 12.2. The molecule has 1 aliphatic heterocycles. The largest absolute Gasteiger partial charge is 0.454 e. The Labute approximate surface area is 234 Å². The predicted octanol–water partition coefficient (Wildman–Crippen LogP) is 5.27. The summed E-state index contributed by atoms with van der Waals surface area (Å²) in [5, 5.41) is 9.68. The molecule has 1 unspecified atom stereocenters. The Morgan fingerprint density at radius 3 is 2.38 bits per heavy atom. The van der Waals surface area contributed by atoms with Crippen LogP contribution in [0.15, 0.2) is 65.7 Å². The van der Waals surface area contributed by atoms with Crippen molar-refractivity contribution in [2.24, 2.45) is 5.92 Å². The molecule has 1 aliphatic rings. The van der Waals surface area contributed by atoms with Crippen molar-refractivity contribution >= 4 is 52.6 Å². The van der Waals surface area contributed by atoms with E-state index in [1.165, 1.54) is 24.3 Å². The number of ether oxygens (including phenoxy) is 1. The van der Waals surface area contributed by atoms with Crippen molar-refractivity contribution in [2.75, 3.05) is 11.5 Å². The zero-order chi connectivity index (χ0) is 28.1. The summed E-state index contributed by atoms with van der Waals surface area (Å²) < 4.78 is 5.12. The summed E-state index contributed by atoms with van der Waals surface area (Å²) in [6.45, 7) is 3.69. The van der Waals surface area contributed by atoms with Crippen LogP contribution >= 0.6 is 23.4 Å². The molecule has 2 aromatic carbocycles. The van der Waals surface area contributed by atoms with E-state index < -0.39 is 29.6 Å². The maximum absolute atomic E-state index is 13.2. The highest BCUT2D eigenvalue weighted by Crippen LogP contribution is 2.35. The van der Waals surface area contributed by atoms with Gasteiger partial charge in [-0.2, -0.15) is 5.26 Å². The minimum Gasteiger partial charge on any atom is -0.454 e. The van der Waals surface area contributed by atoms with Crippen LogP contribution in [0.3, 0.4) is 0 Å². The first-order valence-corrected chi connectivity index (χ1v) is 13.4. The van der Waals surface area contributed by atoms with E-state index in [0.717, 1.165) is 28.8 Å². The highest BCUT2D eigenvalue weighted by atomic mass is 35.5. The first kappa shape index (κ1) is 28.0. The number of imide groups is 1. The van der Waals surface area contributed by atoms with Crippen LogP contribution in [0.5, 0.6) is 0 Å². The van der Waals surface area contributed by atoms with E-state index in [1.807, 2.05) is 0 Å². The molecule has 0 aliphatic carbocycles. The molecule has 1 atom stereocenters. The van der Waals surface area contributed by atoms with Crippen LogP contribution in [-0.2, 0) is 20.7 Å². The number of aromatic nitrogens is 1. The van der Waals surface area contributed by atoms with Crippen LogP contribution in [0.2, 0.25) is 5.02 Å². The molecule has 2 heterocycles. The average molecular weight is 562 g/mol. The summed E-state index contributed by atoms with van der Waals surface area (Å²) in [5.74, 6) is -1.53. The van der Waals surface area contributed by atoms with Crippen molar-refractivity contribution in [1.82, 2.24) is 4.98 Å². The van der Waals surface area contributed by atoms with Gasteiger partial charge in [0, 0.05) is 22.7 Å². The van der Waals surface area contributed by atoms with E-state index in [0.29, 0.717) is 32.8 Å². The van der Waals surface area contributed by atoms with E-state index in [4.69, 9.17) is 16.3 Å². The Balaban J connectivity index is 1.41. The van der Waals surface area contributed by atoms with Crippen LogP contribution in [0.1, 0.15) is 52.2 Å². The molecule has 39 heavy (non-hydrogen) atoms. The standard InChI is InChI=1S/C29H24ClN3O5S/c1-17(2)13-22-10-5-20(15-31)27(32-22)39-25-14-26(35)33(28(25)36)23-11-6-19(7-12-23)29(37)38-16-24(34)18-3-8-21(30)9-4-18/h3-12,17,25H,13-14,16H2,1-2H3. The average Bonchev–Trinajstić information content (AvgIpc) is 3.19. The van der Waals surface area contributed by atoms with Gasteiger partial charge < -0.3 is 4.74 Å². The number of halogens is 1. The lowest BCUT2D eigenvalue weighted by Crippen LogP contribution is -2.31.